The second-order valence-electron chi connectivity index (χ2n) is 5.32. The second kappa shape index (κ2) is 6.69. The molecular formula is C13H24O2Si. The monoisotopic (exact) mass is 240 g/mol. The molecule has 0 N–H and O–H groups in total. The van der Waals surface area contributed by atoms with E-state index < -0.39 is 8.07 Å². The molecule has 3 heteroatoms. The van der Waals surface area contributed by atoms with Crippen molar-refractivity contribution in [1.82, 2.24) is 0 Å². The van der Waals surface area contributed by atoms with Gasteiger partial charge in [-0.2, -0.15) is 0 Å². The lowest BCUT2D eigenvalue weighted by Gasteiger charge is -2.22. The van der Waals surface area contributed by atoms with Crippen molar-refractivity contribution in [3.8, 4) is 0 Å². The van der Waals surface area contributed by atoms with Crippen LogP contribution in [0.4, 0.5) is 0 Å². The fourth-order valence-corrected chi connectivity index (χ4v) is 4.66. The average molecular weight is 240 g/mol. The molecule has 0 fully saturated rings. The number of carbonyl (C=O) groups excluding carboxylic acids is 1. The molecule has 0 saturated carbocycles. The molecule has 0 spiro atoms. The van der Waals surface area contributed by atoms with Crippen LogP contribution in [-0.4, -0.2) is 20.7 Å². The van der Waals surface area contributed by atoms with E-state index in [0.717, 1.165) is 12.5 Å². The maximum absolute atomic E-state index is 11.1. The largest absolute Gasteiger partial charge is 0.462 e. The Morgan fingerprint density at radius 1 is 1.25 bits per heavy atom. The number of hydrogen-bond donors (Lipinski definition) is 0. The van der Waals surface area contributed by atoms with E-state index in [1.165, 1.54) is 11.6 Å². The van der Waals surface area contributed by atoms with Gasteiger partial charge < -0.3 is 4.74 Å². The smallest absolute Gasteiger partial charge is 0.333 e. The summed E-state index contributed by atoms with van der Waals surface area (Å²) in [7, 11) is -1.18. The van der Waals surface area contributed by atoms with Crippen molar-refractivity contribution in [2.45, 2.75) is 45.5 Å². The Kier molecular flexibility index (Phi) is 6.34. The van der Waals surface area contributed by atoms with Gasteiger partial charge in [0.05, 0.1) is 14.7 Å². The zero-order chi connectivity index (χ0) is 12.8. The molecule has 2 nitrogen and oxygen atoms in total. The van der Waals surface area contributed by atoms with E-state index in [9.17, 15) is 4.79 Å². The first-order chi connectivity index (χ1) is 7.24. The molecule has 0 aliphatic heterocycles. The normalized spacial score (nSPS) is 11.0. The van der Waals surface area contributed by atoms with Crippen LogP contribution in [0, 0.1) is 0 Å². The highest BCUT2D eigenvalue weighted by atomic mass is 28.3. The molecule has 0 aliphatic rings. The summed E-state index contributed by atoms with van der Waals surface area (Å²) in [6.07, 6.45) is 0.950. The first kappa shape index (κ1) is 15.2. The van der Waals surface area contributed by atoms with E-state index in [1.807, 2.05) is 0 Å². The fourth-order valence-electron chi connectivity index (χ4n) is 1.74. The topological polar surface area (TPSA) is 26.3 Å². The summed E-state index contributed by atoms with van der Waals surface area (Å²) in [5, 5.41) is 0. The molecule has 0 aliphatic carbocycles. The van der Waals surface area contributed by atoms with Gasteiger partial charge in [0.15, 0.2) is 0 Å². The lowest BCUT2D eigenvalue weighted by molar-refractivity contribution is -0.138. The summed E-state index contributed by atoms with van der Waals surface area (Å²) in [5.41, 5.74) is 1.73. The number of carbonyl (C=O) groups is 1. The molecule has 0 aromatic carbocycles. The van der Waals surface area contributed by atoms with Crippen LogP contribution in [0.5, 0.6) is 0 Å². The van der Waals surface area contributed by atoms with Crippen molar-refractivity contribution < 1.29 is 9.53 Å². The molecule has 0 amide bonds. The van der Waals surface area contributed by atoms with Gasteiger partial charge in [-0.1, -0.05) is 31.3 Å². The average Bonchev–Trinajstić information content (AvgIpc) is 2.09. The molecule has 0 rings (SSSR count). The van der Waals surface area contributed by atoms with Crippen LogP contribution >= 0.6 is 0 Å². The Bertz CT molecular complexity index is 280. The van der Waals surface area contributed by atoms with Gasteiger partial charge in [0, 0.05) is 5.57 Å². The Hall–Kier alpha value is -0.833. The predicted octanol–water partition coefficient (Wildman–Crippen LogP) is 3.78. The third-order valence-electron chi connectivity index (χ3n) is 2.36. The van der Waals surface area contributed by atoms with Crippen LogP contribution in [0.25, 0.3) is 0 Å². The quantitative estimate of drug-likeness (QED) is 0.222. The molecule has 0 saturated heterocycles. The maximum atomic E-state index is 11.1. The molecule has 92 valence electrons. The first-order valence-corrected chi connectivity index (χ1v) is 9.13. The number of rotatable bonds is 7. The van der Waals surface area contributed by atoms with Gasteiger partial charge in [-0.15, -0.1) is 6.58 Å². The molecule has 0 aromatic rings. The van der Waals surface area contributed by atoms with E-state index in [2.05, 4.69) is 33.2 Å². The lowest BCUT2D eigenvalue weighted by atomic mass is 10.4. The minimum Gasteiger partial charge on any atom is -0.462 e. The lowest BCUT2D eigenvalue weighted by Crippen LogP contribution is -2.25. The number of allylic oxidation sites excluding steroid dienone is 1. The van der Waals surface area contributed by atoms with Crippen LogP contribution in [0.1, 0.15) is 20.3 Å². The van der Waals surface area contributed by atoms with Gasteiger partial charge in [0.1, 0.15) is 0 Å². The zero-order valence-corrected chi connectivity index (χ0v) is 12.1. The Morgan fingerprint density at radius 3 is 2.25 bits per heavy atom. The molecule has 0 aromatic heterocycles. The van der Waals surface area contributed by atoms with Crippen molar-refractivity contribution in [3.05, 3.63) is 24.3 Å². The van der Waals surface area contributed by atoms with Gasteiger partial charge in [-0.3, -0.25) is 0 Å². The van der Waals surface area contributed by atoms with E-state index in [1.54, 1.807) is 6.92 Å². The van der Waals surface area contributed by atoms with Crippen molar-refractivity contribution in [2.24, 2.45) is 0 Å². The van der Waals surface area contributed by atoms with Crippen molar-refractivity contribution in [1.29, 1.82) is 0 Å². The minimum absolute atomic E-state index is 0.278. The Morgan fingerprint density at radius 2 is 1.81 bits per heavy atom. The van der Waals surface area contributed by atoms with Crippen LogP contribution in [0.2, 0.25) is 25.2 Å². The highest BCUT2D eigenvalue weighted by Gasteiger charge is 2.20. The Balaban J connectivity index is 3.77. The summed E-state index contributed by atoms with van der Waals surface area (Å²) in [6, 6.07) is 2.32. The van der Waals surface area contributed by atoms with E-state index in [4.69, 9.17) is 4.74 Å². The summed E-state index contributed by atoms with van der Waals surface area (Å²) >= 11 is 0. The highest BCUT2D eigenvalue weighted by Crippen LogP contribution is 2.21. The van der Waals surface area contributed by atoms with Crippen LogP contribution in [0.15, 0.2) is 24.3 Å². The van der Waals surface area contributed by atoms with Crippen LogP contribution in [0.3, 0.4) is 0 Å². The van der Waals surface area contributed by atoms with Gasteiger partial charge in [0.25, 0.3) is 0 Å². The molecule has 0 radical (unpaired) electrons. The van der Waals surface area contributed by atoms with Gasteiger partial charge in [-0.05, 0) is 26.3 Å². The second-order valence-corrected chi connectivity index (χ2v) is 10.5. The molecule has 16 heavy (non-hydrogen) atoms. The molecular weight excluding hydrogens is 216 g/mol. The van der Waals surface area contributed by atoms with Crippen molar-refractivity contribution in [3.63, 3.8) is 0 Å². The maximum Gasteiger partial charge on any atom is 0.333 e. The first-order valence-electron chi connectivity index (χ1n) is 5.71. The van der Waals surface area contributed by atoms with Gasteiger partial charge >= 0.3 is 5.97 Å². The summed E-state index contributed by atoms with van der Waals surface area (Å²) in [4.78, 5) is 11.1. The summed E-state index contributed by atoms with van der Waals surface area (Å²) in [6.45, 7) is 16.5. The molecule has 0 unspecified atom stereocenters. The fraction of sp³-hybridized carbons (Fsp3) is 0.615. The third kappa shape index (κ3) is 7.46. The third-order valence-corrected chi connectivity index (χ3v) is 5.63. The molecule has 0 bridgehead atoms. The number of esters is 1. The van der Waals surface area contributed by atoms with E-state index >= 15 is 0 Å². The van der Waals surface area contributed by atoms with Crippen molar-refractivity contribution >= 4 is 14.0 Å². The summed E-state index contributed by atoms with van der Waals surface area (Å²) in [5.74, 6) is -0.278. The van der Waals surface area contributed by atoms with Crippen molar-refractivity contribution in [2.75, 3.05) is 6.61 Å². The van der Waals surface area contributed by atoms with Crippen LogP contribution in [-0.2, 0) is 9.53 Å². The summed E-state index contributed by atoms with van der Waals surface area (Å²) < 4.78 is 5.07. The zero-order valence-electron chi connectivity index (χ0n) is 11.1. The number of ether oxygens (including phenoxy) is 1. The Labute approximate surface area is 100 Å². The van der Waals surface area contributed by atoms with E-state index in [0.29, 0.717) is 12.2 Å². The number of hydrogen-bond acceptors (Lipinski definition) is 2. The van der Waals surface area contributed by atoms with Crippen LogP contribution < -0.4 is 0 Å². The molecule has 0 heterocycles. The van der Waals surface area contributed by atoms with Gasteiger partial charge in [-0.25, -0.2) is 4.79 Å². The molecule has 0 atom stereocenters. The highest BCUT2D eigenvalue weighted by molar-refractivity contribution is 6.77. The standard InChI is InChI=1S/C13H24O2Si/c1-11(2)10-16(5,6)9-7-8-15-13(14)12(3)4/h1,3,7-10H2,2,4-6H3. The van der Waals surface area contributed by atoms with Gasteiger partial charge in [0.2, 0.25) is 0 Å². The van der Waals surface area contributed by atoms with E-state index in [-0.39, 0.29) is 5.97 Å². The SMILES string of the molecule is C=C(C)C[Si](C)(C)CCCOC(=O)C(=C)C. The predicted molar refractivity (Wildman–Crippen MR) is 72.3 cm³/mol. The minimum atomic E-state index is -1.18.